The summed E-state index contributed by atoms with van der Waals surface area (Å²) in [7, 11) is -3.21. The molecule has 2 heterocycles. The largest absolute Gasteiger partial charge is 0.341 e. The van der Waals surface area contributed by atoms with Gasteiger partial charge in [-0.05, 0) is 38.3 Å². The Hall–Kier alpha value is -1.44. The second kappa shape index (κ2) is 8.06. The van der Waals surface area contributed by atoms with E-state index in [4.69, 9.17) is 0 Å². The van der Waals surface area contributed by atoms with Gasteiger partial charge in [-0.2, -0.15) is 0 Å². The maximum atomic E-state index is 13.6. The predicted molar refractivity (Wildman–Crippen MR) is 102 cm³/mol. The molecular weight excluding hydrogens is 350 g/mol. The second-order valence-electron chi connectivity index (χ2n) is 7.14. The Morgan fingerprint density at radius 1 is 1.08 bits per heavy atom. The highest BCUT2D eigenvalue weighted by atomic mass is 32.2. The van der Waals surface area contributed by atoms with Gasteiger partial charge < -0.3 is 10.2 Å². The number of amides is 1. The molecule has 1 N–H and O–H groups in total. The normalized spacial score (nSPS) is 22.0. The first kappa shape index (κ1) is 19.3. The molecule has 2 fully saturated rings. The first-order valence-electron chi connectivity index (χ1n) is 9.53. The minimum atomic E-state index is -3.21. The van der Waals surface area contributed by atoms with Crippen molar-refractivity contribution in [3.63, 3.8) is 0 Å². The Morgan fingerprint density at radius 2 is 1.77 bits per heavy atom. The van der Waals surface area contributed by atoms with E-state index in [2.05, 4.69) is 5.32 Å². The zero-order chi connectivity index (χ0) is 18.6. The summed E-state index contributed by atoms with van der Waals surface area (Å²) in [6, 6.07) is 9.90. The Labute approximate surface area is 156 Å². The third-order valence-corrected chi connectivity index (χ3v) is 7.58. The summed E-state index contributed by atoms with van der Waals surface area (Å²) in [6.45, 7) is 5.70. The minimum absolute atomic E-state index is 0.108. The van der Waals surface area contributed by atoms with Gasteiger partial charge in [0.15, 0.2) is 0 Å². The number of hydrogen-bond acceptors (Lipinski definition) is 4. The second-order valence-corrected chi connectivity index (χ2v) is 9.40. The number of piperidine rings is 1. The highest BCUT2D eigenvalue weighted by Gasteiger charge is 2.46. The molecule has 2 aliphatic heterocycles. The molecule has 0 atom stereocenters. The average molecular weight is 380 g/mol. The monoisotopic (exact) mass is 379 g/mol. The molecule has 26 heavy (non-hydrogen) atoms. The van der Waals surface area contributed by atoms with Crippen LogP contribution in [0.4, 0.5) is 0 Å². The number of rotatable bonds is 4. The van der Waals surface area contributed by atoms with E-state index in [1.54, 1.807) is 11.2 Å². The van der Waals surface area contributed by atoms with Gasteiger partial charge >= 0.3 is 0 Å². The van der Waals surface area contributed by atoms with Crippen molar-refractivity contribution >= 4 is 15.9 Å². The van der Waals surface area contributed by atoms with Gasteiger partial charge in [-0.3, -0.25) is 4.79 Å². The molecule has 3 rings (SSSR count). The molecular formula is C19H29N3O3S. The van der Waals surface area contributed by atoms with Crippen LogP contribution in [0.3, 0.4) is 0 Å². The van der Waals surface area contributed by atoms with E-state index in [9.17, 15) is 13.2 Å². The molecule has 144 valence electrons. The predicted octanol–water partition coefficient (Wildman–Crippen LogP) is 1.19. The Morgan fingerprint density at radius 3 is 2.42 bits per heavy atom. The van der Waals surface area contributed by atoms with Gasteiger partial charge in [0.1, 0.15) is 0 Å². The number of sulfonamides is 1. The highest BCUT2D eigenvalue weighted by molar-refractivity contribution is 7.89. The van der Waals surface area contributed by atoms with E-state index in [1.165, 1.54) is 0 Å². The lowest BCUT2D eigenvalue weighted by atomic mass is 9.72. The maximum absolute atomic E-state index is 13.6. The Kier molecular flexibility index (Phi) is 5.99. The minimum Gasteiger partial charge on any atom is -0.341 e. The molecule has 1 aromatic carbocycles. The van der Waals surface area contributed by atoms with Gasteiger partial charge in [0.05, 0.1) is 11.2 Å². The molecule has 0 aliphatic carbocycles. The van der Waals surface area contributed by atoms with Crippen LogP contribution < -0.4 is 5.32 Å². The van der Waals surface area contributed by atoms with Crippen LogP contribution in [-0.4, -0.2) is 68.6 Å². The number of hydrogen-bond donors (Lipinski definition) is 1. The molecule has 0 radical (unpaired) electrons. The lowest BCUT2D eigenvalue weighted by Gasteiger charge is -2.43. The molecule has 1 amide bonds. The van der Waals surface area contributed by atoms with Crippen molar-refractivity contribution in [1.82, 2.24) is 14.5 Å². The fourth-order valence-electron chi connectivity index (χ4n) is 4.06. The molecule has 0 bridgehead atoms. The van der Waals surface area contributed by atoms with Gasteiger partial charge in [-0.25, -0.2) is 12.7 Å². The molecule has 2 aliphatic rings. The van der Waals surface area contributed by atoms with E-state index in [-0.39, 0.29) is 11.7 Å². The number of carbonyl (C=O) groups excluding carboxylic acids is 1. The van der Waals surface area contributed by atoms with Crippen molar-refractivity contribution in [1.29, 1.82) is 0 Å². The van der Waals surface area contributed by atoms with E-state index in [0.29, 0.717) is 32.5 Å². The van der Waals surface area contributed by atoms with Crippen molar-refractivity contribution in [2.24, 2.45) is 0 Å². The van der Waals surface area contributed by atoms with Crippen LogP contribution in [0.25, 0.3) is 0 Å². The summed E-state index contributed by atoms with van der Waals surface area (Å²) >= 11 is 0. The van der Waals surface area contributed by atoms with Gasteiger partial charge in [0, 0.05) is 32.7 Å². The molecule has 0 aromatic heterocycles. The van der Waals surface area contributed by atoms with Crippen molar-refractivity contribution in [2.45, 2.75) is 31.6 Å². The number of benzene rings is 1. The van der Waals surface area contributed by atoms with Crippen molar-refractivity contribution in [3.8, 4) is 0 Å². The quantitative estimate of drug-likeness (QED) is 0.853. The summed E-state index contributed by atoms with van der Waals surface area (Å²) in [5.74, 6) is 0.262. The summed E-state index contributed by atoms with van der Waals surface area (Å²) in [5.41, 5.74) is 0.390. The van der Waals surface area contributed by atoms with E-state index < -0.39 is 15.4 Å². The first-order chi connectivity index (χ1) is 12.5. The average Bonchev–Trinajstić information content (AvgIpc) is 2.97. The van der Waals surface area contributed by atoms with Crippen LogP contribution in [-0.2, 0) is 20.2 Å². The lowest BCUT2D eigenvalue weighted by Crippen LogP contribution is -2.54. The molecule has 6 nitrogen and oxygen atoms in total. The van der Waals surface area contributed by atoms with E-state index in [0.717, 1.165) is 31.6 Å². The van der Waals surface area contributed by atoms with E-state index in [1.807, 2.05) is 35.2 Å². The molecule has 1 aromatic rings. The maximum Gasteiger partial charge on any atom is 0.233 e. The topological polar surface area (TPSA) is 69.7 Å². The van der Waals surface area contributed by atoms with Crippen molar-refractivity contribution in [2.75, 3.05) is 45.0 Å². The van der Waals surface area contributed by atoms with Gasteiger partial charge in [-0.1, -0.05) is 30.3 Å². The SMILES string of the molecule is CCS(=O)(=O)N1CCC(C(=O)N2CCCNCC2)(c2ccccc2)CC1. The van der Waals surface area contributed by atoms with Crippen LogP contribution in [0.2, 0.25) is 0 Å². The zero-order valence-electron chi connectivity index (χ0n) is 15.5. The summed E-state index contributed by atoms with van der Waals surface area (Å²) in [6.07, 6.45) is 2.03. The summed E-state index contributed by atoms with van der Waals surface area (Å²) < 4.78 is 26.0. The third kappa shape index (κ3) is 3.80. The van der Waals surface area contributed by atoms with Crippen LogP contribution in [0, 0.1) is 0 Å². The molecule has 7 heteroatoms. The molecule has 0 unspecified atom stereocenters. The number of nitrogens with one attached hydrogen (secondary N) is 1. The van der Waals surface area contributed by atoms with E-state index >= 15 is 0 Å². The van der Waals surface area contributed by atoms with Crippen LogP contribution in [0.15, 0.2) is 30.3 Å². The Bertz CT molecular complexity index is 705. The van der Waals surface area contributed by atoms with Gasteiger partial charge in [-0.15, -0.1) is 0 Å². The molecule has 0 saturated carbocycles. The highest BCUT2D eigenvalue weighted by Crippen LogP contribution is 2.38. The number of nitrogens with zero attached hydrogens (tertiary/aromatic N) is 2. The number of carbonyl (C=O) groups is 1. The lowest BCUT2D eigenvalue weighted by molar-refractivity contribution is -0.139. The zero-order valence-corrected chi connectivity index (χ0v) is 16.3. The van der Waals surface area contributed by atoms with Crippen molar-refractivity contribution in [3.05, 3.63) is 35.9 Å². The smallest absolute Gasteiger partial charge is 0.233 e. The molecule has 2 saturated heterocycles. The van der Waals surface area contributed by atoms with Crippen LogP contribution >= 0.6 is 0 Å². The summed E-state index contributed by atoms with van der Waals surface area (Å²) in [5, 5.41) is 3.34. The van der Waals surface area contributed by atoms with Crippen LogP contribution in [0.1, 0.15) is 31.7 Å². The standard InChI is InChI=1S/C19H29N3O3S/c1-2-26(24,25)22-14-9-19(10-15-22,17-7-4-3-5-8-17)18(23)21-13-6-11-20-12-16-21/h3-5,7-8,20H,2,6,9-16H2,1H3. The van der Waals surface area contributed by atoms with Gasteiger partial charge in [0.2, 0.25) is 15.9 Å². The van der Waals surface area contributed by atoms with Gasteiger partial charge in [0.25, 0.3) is 0 Å². The fraction of sp³-hybridized carbons (Fsp3) is 0.632. The first-order valence-corrected chi connectivity index (χ1v) is 11.1. The Balaban J connectivity index is 1.88. The summed E-state index contributed by atoms with van der Waals surface area (Å²) in [4.78, 5) is 15.6. The fourth-order valence-corrected chi connectivity index (χ4v) is 5.17. The van der Waals surface area contributed by atoms with Crippen LogP contribution in [0.5, 0.6) is 0 Å². The third-order valence-electron chi connectivity index (χ3n) is 5.70. The van der Waals surface area contributed by atoms with Crippen molar-refractivity contribution < 1.29 is 13.2 Å². The molecule has 0 spiro atoms.